The Labute approximate surface area is 124 Å². The Bertz CT molecular complexity index is 912. The molecular formula is C14H9ClN6. The smallest absolute Gasteiger partial charge is 0.226 e. The fourth-order valence-corrected chi connectivity index (χ4v) is 2.34. The monoisotopic (exact) mass is 296 g/mol. The Morgan fingerprint density at radius 3 is 2.76 bits per heavy atom. The number of nitrogens with one attached hydrogen (secondary N) is 1. The maximum absolute atomic E-state index is 5.94. The van der Waals surface area contributed by atoms with Crippen LogP contribution in [0.15, 0.2) is 49.1 Å². The molecule has 0 saturated heterocycles. The molecule has 3 heterocycles. The first kappa shape index (κ1) is 12.0. The summed E-state index contributed by atoms with van der Waals surface area (Å²) in [5, 5.41) is 4.49. The van der Waals surface area contributed by atoms with E-state index in [1.807, 2.05) is 36.5 Å². The predicted octanol–water partition coefficient (Wildman–Crippen LogP) is 2.86. The van der Waals surface area contributed by atoms with Crippen molar-refractivity contribution in [3.63, 3.8) is 0 Å². The SMILES string of the molecule is Clc1nc(-n2cc(-c3ccccc3)cn2)c2[nH]cnc2n1. The van der Waals surface area contributed by atoms with Crippen LogP contribution < -0.4 is 0 Å². The van der Waals surface area contributed by atoms with Crippen molar-refractivity contribution in [3.8, 4) is 16.9 Å². The van der Waals surface area contributed by atoms with Gasteiger partial charge in [0.05, 0.1) is 12.5 Å². The molecule has 102 valence electrons. The molecule has 0 aliphatic carbocycles. The van der Waals surface area contributed by atoms with E-state index in [0.717, 1.165) is 11.1 Å². The maximum atomic E-state index is 5.94. The van der Waals surface area contributed by atoms with Crippen molar-refractivity contribution in [2.75, 3.05) is 0 Å². The van der Waals surface area contributed by atoms with Gasteiger partial charge in [-0.05, 0) is 17.2 Å². The zero-order valence-corrected chi connectivity index (χ0v) is 11.5. The average Bonchev–Trinajstić information content (AvgIpc) is 3.16. The van der Waals surface area contributed by atoms with Crippen LogP contribution in [0.3, 0.4) is 0 Å². The lowest BCUT2D eigenvalue weighted by Gasteiger charge is -2.01. The molecule has 6 nitrogen and oxygen atoms in total. The van der Waals surface area contributed by atoms with E-state index in [9.17, 15) is 0 Å². The van der Waals surface area contributed by atoms with Gasteiger partial charge in [-0.15, -0.1) is 0 Å². The molecular weight excluding hydrogens is 288 g/mol. The number of imidazole rings is 1. The highest BCUT2D eigenvalue weighted by molar-refractivity contribution is 6.28. The largest absolute Gasteiger partial charge is 0.340 e. The van der Waals surface area contributed by atoms with Gasteiger partial charge in [0.2, 0.25) is 5.28 Å². The lowest BCUT2D eigenvalue weighted by molar-refractivity contribution is 0.848. The van der Waals surface area contributed by atoms with Crippen LogP contribution in [0.1, 0.15) is 0 Å². The Balaban J connectivity index is 1.87. The number of halogens is 1. The second-order valence-electron chi connectivity index (χ2n) is 4.46. The molecule has 1 aromatic carbocycles. The van der Waals surface area contributed by atoms with Crippen molar-refractivity contribution in [1.82, 2.24) is 29.7 Å². The van der Waals surface area contributed by atoms with Crippen LogP contribution in [0.4, 0.5) is 0 Å². The van der Waals surface area contributed by atoms with Gasteiger partial charge in [0, 0.05) is 11.8 Å². The normalized spacial score (nSPS) is 11.1. The van der Waals surface area contributed by atoms with Crippen LogP contribution in [0, 0.1) is 0 Å². The van der Waals surface area contributed by atoms with Crippen LogP contribution in [-0.2, 0) is 0 Å². The zero-order chi connectivity index (χ0) is 14.2. The highest BCUT2D eigenvalue weighted by atomic mass is 35.5. The van der Waals surface area contributed by atoms with Gasteiger partial charge in [-0.25, -0.2) is 9.67 Å². The van der Waals surface area contributed by atoms with Crippen LogP contribution in [0.5, 0.6) is 0 Å². The number of nitrogens with zero attached hydrogens (tertiary/aromatic N) is 5. The second kappa shape index (κ2) is 4.68. The number of benzene rings is 1. The fraction of sp³-hybridized carbons (Fsp3) is 0. The average molecular weight is 297 g/mol. The van der Waals surface area contributed by atoms with Gasteiger partial charge in [0.1, 0.15) is 5.52 Å². The summed E-state index contributed by atoms with van der Waals surface area (Å²) in [5.41, 5.74) is 3.30. The molecule has 0 fully saturated rings. The third-order valence-corrected chi connectivity index (χ3v) is 3.32. The molecule has 0 unspecified atom stereocenters. The van der Waals surface area contributed by atoms with E-state index in [4.69, 9.17) is 11.6 Å². The van der Waals surface area contributed by atoms with Crippen molar-refractivity contribution in [2.45, 2.75) is 0 Å². The summed E-state index contributed by atoms with van der Waals surface area (Å²) in [7, 11) is 0. The van der Waals surface area contributed by atoms with Gasteiger partial charge in [0.25, 0.3) is 0 Å². The molecule has 0 aliphatic rings. The highest BCUT2D eigenvalue weighted by Gasteiger charge is 2.12. The van der Waals surface area contributed by atoms with E-state index in [-0.39, 0.29) is 5.28 Å². The summed E-state index contributed by atoms with van der Waals surface area (Å²) < 4.78 is 1.66. The Kier molecular flexibility index (Phi) is 2.68. The van der Waals surface area contributed by atoms with Crippen molar-refractivity contribution in [2.24, 2.45) is 0 Å². The van der Waals surface area contributed by atoms with E-state index < -0.39 is 0 Å². The van der Waals surface area contributed by atoms with Gasteiger partial charge in [-0.1, -0.05) is 30.3 Å². The molecule has 4 rings (SSSR count). The Hall–Kier alpha value is -2.73. The third-order valence-electron chi connectivity index (χ3n) is 3.15. The van der Waals surface area contributed by atoms with E-state index in [1.54, 1.807) is 17.2 Å². The zero-order valence-electron chi connectivity index (χ0n) is 10.7. The summed E-state index contributed by atoms with van der Waals surface area (Å²) >= 11 is 5.94. The van der Waals surface area contributed by atoms with E-state index in [2.05, 4.69) is 25.0 Å². The summed E-state index contributed by atoms with van der Waals surface area (Å²) in [6, 6.07) is 10.0. The van der Waals surface area contributed by atoms with E-state index in [1.165, 1.54) is 0 Å². The predicted molar refractivity (Wildman–Crippen MR) is 79.3 cm³/mol. The van der Waals surface area contributed by atoms with E-state index in [0.29, 0.717) is 17.0 Å². The quantitative estimate of drug-likeness (QED) is 0.577. The molecule has 3 aromatic heterocycles. The second-order valence-corrected chi connectivity index (χ2v) is 4.80. The molecule has 7 heteroatoms. The topological polar surface area (TPSA) is 72.3 Å². The number of fused-ring (bicyclic) bond motifs is 1. The minimum Gasteiger partial charge on any atom is -0.340 e. The summed E-state index contributed by atoms with van der Waals surface area (Å²) in [6.07, 6.45) is 5.24. The number of H-pyrrole nitrogens is 1. The first-order valence-electron chi connectivity index (χ1n) is 6.28. The summed E-state index contributed by atoms with van der Waals surface area (Å²) in [5.74, 6) is 0.574. The molecule has 1 N–H and O–H groups in total. The number of rotatable bonds is 2. The third kappa shape index (κ3) is 2.05. The first-order chi connectivity index (χ1) is 10.3. The minimum absolute atomic E-state index is 0.140. The van der Waals surface area contributed by atoms with Gasteiger partial charge in [0.15, 0.2) is 11.5 Å². The molecule has 0 bridgehead atoms. The van der Waals surface area contributed by atoms with E-state index >= 15 is 0 Å². The number of hydrogen-bond acceptors (Lipinski definition) is 4. The highest BCUT2D eigenvalue weighted by Crippen LogP contribution is 2.22. The Morgan fingerprint density at radius 2 is 1.90 bits per heavy atom. The number of hydrogen-bond donors (Lipinski definition) is 1. The molecule has 0 amide bonds. The number of aromatic nitrogens is 6. The molecule has 0 saturated carbocycles. The molecule has 0 radical (unpaired) electrons. The number of aromatic amines is 1. The Morgan fingerprint density at radius 1 is 1.05 bits per heavy atom. The first-order valence-corrected chi connectivity index (χ1v) is 6.66. The molecule has 21 heavy (non-hydrogen) atoms. The van der Waals surface area contributed by atoms with Crippen molar-refractivity contribution in [3.05, 3.63) is 54.3 Å². The lowest BCUT2D eigenvalue weighted by atomic mass is 10.1. The fourth-order valence-electron chi connectivity index (χ4n) is 2.18. The summed E-state index contributed by atoms with van der Waals surface area (Å²) in [6.45, 7) is 0. The van der Waals surface area contributed by atoms with Gasteiger partial charge in [-0.2, -0.15) is 15.1 Å². The van der Waals surface area contributed by atoms with Crippen LogP contribution in [-0.4, -0.2) is 29.7 Å². The van der Waals surface area contributed by atoms with Gasteiger partial charge < -0.3 is 4.98 Å². The molecule has 4 aromatic rings. The summed E-state index contributed by atoms with van der Waals surface area (Å²) in [4.78, 5) is 15.4. The molecule has 0 aliphatic heterocycles. The van der Waals surface area contributed by atoms with Crippen molar-refractivity contribution >= 4 is 22.8 Å². The van der Waals surface area contributed by atoms with Crippen LogP contribution >= 0.6 is 11.6 Å². The van der Waals surface area contributed by atoms with Gasteiger partial charge in [-0.3, -0.25) is 0 Å². The minimum atomic E-state index is 0.140. The maximum Gasteiger partial charge on any atom is 0.226 e. The van der Waals surface area contributed by atoms with Crippen LogP contribution in [0.25, 0.3) is 28.1 Å². The molecule has 0 spiro atoms. The molecule has 0 atom stereocenters. The van der Waals surface area contributed by atoms with Gasteiger partial charge >= 0.3 is 0 Å². The van der Waals surface area contributed by atoms with Crippen molar-refractivity contribution < 1.29 is 0 Å². The standard InChI is InChI=1S/C14H9ClN6/c15-14-19-12-11(16-8-17-12)13(20-14)21-7-10(6-18-21)9-4-2-1-3-5-9/h1-8H,(H,16,17,19,20). The van der Waals surface area contributed by atoms with Crippen LogP contribution in [0.2, 0.25) is 5.28 Å². The van der Waals surface area contributed by atoms with Crippen molar-refractivity contribution in [1.29, 1.82) is 0 Å². The lowest BCUT2D eigenvalue weighted by Crippen LogP contribution is -2.01.